The Balaban J connectivity index is 1.25. The van der Waals surface area contributed by atoms with Crippen molar-refractivity contribution in [1.82, 2.24) is 19.5 Å². The van der Waals surface area contributed by atoms with E-state index in [0.29, 0.717) is 35.6 Å². The number of ether oxygens (including phenoxy) is 1. The molecule has 7 atom stereocenters. The SMILES string of the molecule is Cc1cc2ccccc2c2ccc3c(c12)[C@H](Nc1ncnc2c1ncn2[C@H]1C[C@H](O[Si](C)(C)C(C)(C)C)[C@@H](CO[Si](C)(C)C(C)(C)C)O1)[C@@H](O)[C@@H](O)[C@@H]3O. The molecule has 54 heavy (non-hydrogen) atoms. The Kier molecular flexibility index (Phi) is 9.91. The predicted octanol–water partition coefficient (Wildman–Crippen LogP) is 8.06. The lowest BCUT2D eigenvalue weighted by Crippen LogP contribution is -2.48. The molecule has 13 heteroatoms. The van der Waals surface area contributed by atoms with E-state index in [2.05, 4.69) is 101 Å². The highest BCUT2D eigenvalue weighted by molar-refractivity contribution is 6.74. The van der Waals surface area contributed by atoms with E-state index in [9.17, 15) is 15.3 Å². The van der Waals surface area contributed by atoms with Crippen LogP contribution < -0.4 is 5.32 Å². The maximum Gasteiger partial charge on any atom is 0.192 e. The van der Waals surface area contributed by atoms with E-state index in [4.69, 9.17) is 18.6 Å². The minimum Gasteiger partial charge on any atom is -0.414 e. The molecule has 1 fully saturated rings. The molecule has 1 saturated heterocycles. The standard InChI is InChI=1S/C41H57N5O6Si2/c1-23-18-24-14-12-13-15-25(24)26-16-17-27-32(31(23)26)33(36(48)37(49)35(27)47)45-38-34-39(43-21-42-38)46(22-44-34)30-19-28(52-54(10,11)41(5,6)7)29(51-30)20-50-53(8,9)40(2,3)4/h12-18,21-22,28-30,33,35-37,47-49H,19-20H2,1-11H3,(H,42,43,45)/t28-,29+,30+,33-,35+,36+,37-/m0/s1. The summed E-state index contributed by atoms with van der Waals surface area (Å²) in [6, 6.07) is 13.3. The molecule has 3 aromatic carbocycles. The topological polar surface area (TPSA) is 144 Å². The summed E-state index contributed by atoms with van der Waals surface area (Å²) in [6.45, 7) is 25.0. The summed E-state index contributed by atoms with van der Waals surface area (Å²) in [4.78, 5) is 14.1. The van der Waals surface area contributed by atoms with Crippen LogP contribution in [0.15, 0.2) is 55.1 Å². The number of hydrogen-bond acceptors (Lipinski definition) is 10. The first-order chi connectivity index (χ1) is 25.2. The Hall–Kier alpha value is -3.28. The van der Waals surface area contributed by atoms with Crippen LogP contribution in [0.3, 0.4) is 0 Å². The summed E-state index contributed by atoms with van der Waals surface area (Å²) >= 11 is 0. The number of nitrogens with one attached hydrogen (secondary N) is 1. The van der Waals surface area contributed by atoms with Gasteiger partial charge >= 0.3 is 0 Å². The molecule has 3 heterocycles. The first-order valence-corrected chi connectivity index (χ1v) is 24.9. The number of benzene rings is 3. The summed E-state index contributed by atoms with van der Waals surface area (Å²) in [5, 5.41) is 41.6. The molecule has 1 aliphatic carbocycles. The van der Waals surface area contributed by atoms with Gasteiger partial charge in [-0.15, -0.1) is 0 Å². The average molecular weight is 772 g/mol. The van der Waals surface area contributed by atoms with Gasteiger partial charge in [-0.05, 0) is 81.4 Å². The zero-order chi connectivity index (χ0) is 39.1. The van der Waals surface area contributed by atoms with Gasteiger partial charge in [0.15, 0.2) is 33.6 Å². The Labute approximate surface area is 320 Å². The molecule has 0 saturated carbocycles. The molecular weight excluding hydrogens is 715 g/mol. The van der Waals surface area contributed by atoms with Crippen LogP contribution in [0, 0.1) is 6.92 Å². The molecular formula is C41H57N5O6Si2. The predicted molar refractivity (Wildman–Crippen MR) is 219 cm³/mol. The minimum absolute atomic E-state index is 0.0221. The van der Waals surface area contributed by atoms with Gasteiger partial charge in [0, 0.05) is 6.42 Å². The Morgan fingerprint density at radius 3 is 2.30 bits per heavy atom. The second-order valence-corrected chi connectivity index (χ2v) is 27.9. The molecule has 290 valence electrons. The van der Waals surface area contributed by atoms with Crippen molar-refractivity contribution >= 4 is 55.2 Å². The summed E-state index contributed by atoms with van der Waals surface area (Å²) in [5.41, 5.74) is 3.35. The highest BCUT2D eigenvalue weighted by atomic mass is 28.4. The Morgan fingerprint density at radius 1 is 0.889 bits per heavy atom. The average Bonchev–Trinajstić information content (AvgIpc) is 3.71. The number of anilines is 1. The number of aromatic nitrogens is 4. The third-order valence-electron chi connectivity index (χ3n) is 12.7. The van der Waals surface area contributed by atoms with E-state index < -0.39 is 47.2 Å². The van der Waals surface area contributed by atoms with E-state index in [0.717, 1.165) is 32.7 Å². The summed E-state index contributed by atoms with van der Waals surface area (Å²) in [7, 11) is -4.22. The fourth-order valence-corrected chi connectivity index (χ4v) is 9.84. The number of aliphatic hydroxyl groups excluding tert-OH is 3. The van der Waals surface area contributed by atoms with E-state index in [1.54, 1.807) is 6.33 Å². The van der Waals surface area contributed by atoms with E-state index in [1.807, 2.05) is 35.8 Å². The third-order valence-corrected chi connectivity index (χ3v) is 21.8. The zero-order valence-electron chi connectivity index (χ0n) is 33.5. The zero-order valence-corrected chi connectivity index (χ0v) is 35.5. The van der Waals surface area contributed by atoms with Crippen LogP contribution in [0.1, 0.15) is 83.0 Å². The monoisotopic (exact) mass is 771 g/mol. The lowest BCUT2D eigenvalue weighted by Gasteiger charge is -2.40. The smallest absolute Gasteiger partial charge is 0.192 e. The van der Waals surface area contributed by atoms with E-state index in [-0.39, 0.29) is 22.3 Å². The molecule has 7 rings (SSSR count). The van der Waals surface area contributed by atoms with Crippen molar-refractivity contribution in [2.45, 2.75) is 134 Å². The quantitative estimate of drug-likeness (QED) is 0.0904. The molecule has 1 aliphatic heterocycles. The molecule has 0 radical (unpaired) electrons. The molecule has 5 aromatic rings. The van der Waals surface area contributed by atoms with Crippen LogP contribution in [0.4, 0.5) is 5.82 Å². The number of aliphatic hydroxyl groups is 3. The first-order valence-electron chi connectivity index (χ1n) is 19.1. The van der Waals surface area contributed by atoms with Gasteiger partial charge in [-0.25, -0.2) is 15.0 Å². The fraction of sp³-hybridized carbons (Fsp3) is 0.537. The highest BCUT2D eigenvalue weighted by Crippen LogP contribution is 2.46. The van der Waals surface area contributed by atoms with Crippen LogP contribution in [-0.2, 0) is 13.6 Å². The normalized spacial score (nSPS) is 25.5. The molecule has 2 aromatic heterocycles. The van der Waals surface area contributed by atoms with Crippen LogP contribution in [0.5, 0.6) is 0 Å². The third kappa shape index (κ3) is 6.70. The second kappa shape index (κ2) is 13.7. The van der Waals surface area contributed by atoms with Crippen LogP contribution >= 0.6 is 0 Å². The van der Waals surface area contributed by atoms with Crippen LogP contribution in [-0.4, -0.2) is 82.5 Å². The maximum atomic E-state index is 11.6. The minimum atomic E-state index is -2.16. The summed E-state index contributed by atoms with van der Waals surface area (Å²) in [6.07, 6.45) is -1.07. The van der Waals surface area contributed by atoms with Gasteiger partial charge in [0.2, 0.25) is 0 Å². The van der Waals surface area contributed by atoms with Crippen molar-refractivity contribution in [2.75, 3.05) is 11.9 Å². The van der Waals surface area contributed by atoms with E-state index >= 15 is 0 Å². The van der Waals surface area contributed by atoms with Gasteiger partial charge in [0.25, 0.3) is 0 Å². The van der Waals surface area contributed by atoms with Crippen molar-refractivity contribution in [3.63, 3.8) is 0 Å². The molecule has 0 bridgehead atoms. The van der Waals surface area contributed by atoms with E-state index in [1.165, 1.54) is 6.33 Å². The maximum absolute atomic E-state index is 11.6. The number of fused-ring (bicyclic) bond motifs is 6. The molecule has 0 unspecified atom stereocenters. The lowest BCUT2D eigenvalue weighted by molar-refractivity contribution is -0.0766. The molecule has 2 aliphatic rings. The molecule has 11 nitrogen and oxygen atoms in total. The summed E-state index contributed by atoms with van der Waals surface area (Å²) in [5.74, 6) is 0.401. The number of nitrogens with zero attached hydrogens (tertiary/aromatic N) is 4. The van der Waals surface area contributed by atoms with Gasteiger partial charge in [0.1, 0.15) is 37.0 Å². The second-order valence-electron chi connectivity index (χ2n) is 18.4. The number of aryl methyl sites for hydroxylation is 1. The molecule has 0 amide bonds. The Morgan fingerprint density at radius 2 is 1.59 bits per heavy atom. The van der Waals surface area contributed by atoms with Crippen molar-refractivity contribution in [1.29, 1.82) is 0 Å². The largest absolute Gasteiger partial charge is 0.414 e. The fourth-order valence-electron chi connectivity index (χ4n) is 7.47. The van der Waals surface area contributed by atoms with Crippen molar-refractivity contribution in [3.8, 4) is 0 Å². The van der Waals surface area contributed by atoms with Crippen molar-refractivity contribution in [2.24, 2.45) is 0 Å². The van der Waals surface area contributed by atoms with Crippen molar-refractivity contribution < 1.29 is 28.9 Å². The first kappa shape index (κ1) is 39.0. The summed E-state index contributed by atoms with van der Waals surface area (Å²) < 4.78 is 22.5. The van der Waals surface area contributed by atoms with Crippen LogP contribution in [0.2, 0.25) is 36.3 Å². The van der Waals surface area contributed by atoms with Gasteiger partial charge in [-0.1, -0.05) is 84.0 Å². The highest BCUT2D eigenvalue weighted by Gasteiger charge is 2.47. The Bertz CT molecular complexity index is 2190. The molecule has 4 N–H and O–H groups in total. The van der Waals surface area contributed by atoms with Crippen LogP contribution in [0.25, 0.3) is 32.7 Å². The van der Waals surface area contributed by atoms with Gasteiger partial charge in [0.05, 0.1) is 25.1 Å². The number of imidazole rings is 1. The number of rotatable bonds is 8. The van der Waals surface area contributed by atoms with Gasteiger partial charge < -0.3 is 34.2 Å². The lowest BCUT2D eigenvalue weighted by atomic mass is 9.77. The van der Waals surface area contributed by atoms with Gasteiger partial charge in [-0.3, -0.25) is 4.57 Å². The molecule has 0 spiro atoms. The van der Waals surface area contributed by atoms with Gasteiger partial charge in [-0.2, -0.15) is 0 Å². The van der Waals surface area contributed by atoms with Crippen molar-refractivity contribution in [3.05, 3.63) is 71.8 Å². The number of hydrogen-bond donors (Lipinski definition) is 4.